The predicted octanol–water partition coefficient (Wildman–Crippen LogP) is 6.56. The molecule has 1 N–H and O–H groups in total. The Hall–Kier alpha value is -3.06. The standard InChI is InChI=1S/C23H19N/c1-17-7-8-19-9-10-20(16-21(19)15-17)18-11-13-23(14-12-18)24-22-5-3-2-4-6-22/h2-16,24H,1H3. The summed E-state index contributed by atoms with van der Waals surface area (Å²) >= 11 is 0. The molecule has 0 bridgehead atoms. The largest absolute Gasteiger partial charge is 0.356 e. The highest BCUT2D eigenvalue weighted by Crippen LogP contribution is 2.27. The topological polar surface area (TPSA) is 12.0 Å². The number of anilines is 2. The number of hydrogen-bond donors (Lipinski definition) is 1. The lowest BCUT2D eigenvalue weighted by molar-refractivity contribution is 1.50. The minimum atomic E-state index is 1.10. The van der Waals surface area contributed by atoms with E-state index < -0.39 is 0 Å². The molecule has 0 spiro atoms. The maximum absolute atomic E-state index is 3.42. The molecule has 0 saturated carbocycles. The molecule has 0 aliphatic heterocycles. The molecular formula is C23H19N. The summed E-state index contributed by atoms with van der Waals surface area (Å²) in [6.07, 6.45) is 0. The van der Waals surface area contributed by atoms with Crippen LogP contribution in [0.4, 0.5) is 11.4 Å². The minimum Gasteiger partial charge on any atom is -0.356 e. The molecular weight excluding hydrogens is 290 g/mol. The van der Waals surface area contributed by atoms with Crippen molar-refractivity contribution in [2.45, 2.75) is 6.92 Å². The maximum Gasteiger partial charge on any atom is 0.0384 e. The Morgan fingerprint density at radius 2 is 1.21 bits per heavy atom. The van der Waals surface area contributed by atoms with E-state index in [2.05, 4.69) is 85.0 Å². The number of para-hydroxylation sites is 1. The molecule has 1 heteroatoms. The quantitative estimate of drug-likeness (QED) is 0.452. The highest BCUT2D eigenvalue weighted by molar-refractivity contribution is 5.88. The van der Waals surface area contributed by atoms with Crippen molar-refractivity contribution in [3.05, 3.63) is 96.6 Å². The zero-order valence-corrected chi connectivity index (χ0v) is 13.7. The van der Waals surface area contributed by atoms with Crippen LogP contribution >= 0.6 is 0 Å². The first-order chi connectivity index (χ1) is 11.8. The zero-order valence-electron chi connectivity index (χ0n) is 13.7. The molecule has 0 fully saturated rings. The van der Waals surface area contributed by atoms with Crippen molar-refractivity contribution in [3.63, 3.8) is 0 Å². The van der Waals surface area contributed by atoms with E-state index in [1.807, 2.05) is 18.2 Å². The van der Waals surface area contributed by atoms with Gasteiger partial charge >= 0.3 is 0 Å². The predicted molar refractivity (Wildman–Crippen MR) is 104 cm³/mol. The summed E-state index contributed by atoms with van der Waals surface area (Å²) in [5.74, 6) is 0. The molecule has 0 aromatic heterocycles. The summed E-state index contributed by atoms with van der Waals surface area (Å²) in [4.78, 5) is 0. The third-order valence-corrected chi connectivity index (χ3v) is 4.28. The molecule has 0 aliphatic carbocycles. The molecule has 0 saturated heterocycles. The number of benzene rings is 4. The monoisotopic (exact) mass is 309 g/mol. The molecule has 1 nitrogen and oxygen atoms in total. The van der Waals surface area contributed by atoms with Crippen molar-refractivity contribution in [3.8, 4) is 11.1 Å². The van der Waals surface area contributed by atoms with Crippen LogP contribution in [0.3, 0.4) is 0 Å². The first kappa shape index (κ1) is 14.5. The molecule has 4 aromatic rings. The number of nitrogens with one attached hydrogen (secondary N) is 1. The fourth-order valence-electron chi connectivity index (χ4n) is 2.98. The molecule has 116 valence electrons. The van der Waals surface area contributed by atoms with Crippen LogP contribution in [-0.4, -0.2) is 0 Å². The Balaban J connectivity index is 1.62. The molecule has 0 radical (unpaired) electrons. The van der Waals surface area contributed by atoms with Crippen LogP contribution in [0.5, 0.6) is 0 Å². The van der Waals surface area contributed by atoms with E-state index >= 15 is 0 Å². The van der Waals surface area contributed by atoms with E-state index in [1.54, 1.807) is 0 Å². The van der Waals surface area contributed by atoms with E-state index in [9.17, 15) is 0 Å². The Morgan fingerprint density at radius 3 is 2.00 bits per heavy atom. The van der Waals surface area contributed by atoms with Gasteiger partial charge in [0.05, 0.1) is 0 Å². The molecule has 0 unspecified atom stereocenters. The van der Waals surface area contributed by atoms with E-state index in [1.165, 1.54) is 27.5 Å². The summed E-state index contributed by atoms with van der Waals surface area (Å²) in [6, 6.07) is 32.1. The lowest BCUT2D eigenvalue weighted by atomic mass is 10.00. The summed E-state index contributed by atoms with van der Waals surface area (Å²) in [7, 11) is 0. The molecule has 0 aliphatic rings. The van der Waals surface area contributed by atoms with E-state index in [0.29, 0.717) is 0 Å². The van der Waals surface area contributed by atoms with Gasteiger partial charge in [-0.05, 0) is 59.2 Å². The smallest absolute Gasteiger partial charge is 0.0384 e. The average molecular weight is 309 g/mol. The van der Waals surface area contributed by atoms with Crippen LogP contribution in [0.2, 0.25) is 0 Å². The minimum absolute atomic E-state index is 1.10. The van der Waals surface area contributed by atoms with Crippen LogP contribution in [-0.2, 0) is 0 Å². The van der Waals surface area contributed by atoms with Gasteiger partial charge < -0.3 is 5.32 Å². The first-order valence-electron chi connectivity index (χ1n) is 8.21. The molecule has 0 heterocycles. The number of hydrogen-bond acceptors (Lipinski definition) is 1. The summed E-state index contributed by atoms with van der Waals surface area (Å²) < 4.78 is 0. The lowest BCUT2D eigenvalue weighted by Crippen LogP contribution is -1.89. The summed E-state index contributed by atoms with van der Waals surface area (Å²) in [6.45, 7) is 2.14. The van der Waals surface area contributed by atoms with Crippen LogP contribution in [0, 0.1) is 6.92 Å². The fourth-order valence-corrected chi connectivity index (χ4v) is 2.98. The second-order valence-electron chi connectivity index (χ2n) is 6.13. The second-order valence-corrected chi connectivity index (χ2v) is 6.13. The summed E-state index contributed by atoms with van der Waals surface area (Å²) in [5, 5.41) is 5.99. The van der Waals surface area contributed by atoms with Crippen molar-refractivity contribution in [1.29, 1.82) is 0 Å². The number of aryl methyl sites for hydroxylation is 1. The van der Waals surface area contributed by atoms with Gasteiger partial charge in [-0.2, -0.15) is 0 Å². The van der Waals surface area contributed by atoms with E-state index in [0.717, 1.165) is 11.4 Å². The van der Waals surface area contributed by atoms with Gasteiger partial charge in [0.1, 0.15) is 0 Å². The van der Waals surface area contributed by atoms with Gasteiger partial charge in [0, 0.05) is 11.4 Å². The molecule has 0 amide bonds. The second kappa shape index (κ2) is 6.21. The van der Waals surface area contributed by atoms with Crippen molar-refractivity contribution in [2.24, 2.45) is 0 Å². The van der Waals surface area contributed by atoms with Crippen LogP contribution in [0.1, 0.15) is 5.56 Å². The van der Waals surface area contributed by atoms with Crippen LogP contribution in [0.15, 0.2) is 91.0 Å². The van der Waals surface area contributed by atoms with E-state index in [4.69, 9.17) is 0 Å². The third-order valence-electron chi connectivity index (χ3n) is 4.28. The van der Waals surface area contributed by atoms with Crippen LogP contribution < -0.4 is 5.32 Å². The van der Waals surface area contributed by atoms with Gasteiger partial charge in [-0.1, -0.05) is 66.2 Å². The van der Waals surface area contributed by atoms with Gasteiger partial charge in [-0.3, -0.25) is 0 Å². The highest BCUT2D eigenvalue weighted by atomic mass is 14.9. The van der Waals surface area contributed by atoms with Crippen LogP contribution in [0.25, 0.3) is 21.9 Å². The van der Waals surface area contributed by atoms with Crippen molar-refractivity contribution in [1.82, 2.24) is 0 Å². The molecule has 4 rings (SSSR count). The van der Waals surface area contributed by atoms with Gasteiger partial charge in [0.25, 0.3) is 0 Å². The Labute approximate surface area is 142 Å². The Bertz CT molecular complexity index is 970. The van der Waals surface area contributed by atoms with Crippen molar-refractivity contribution < 1.29 is 0 Å². The normalized spacial score (nSPS) is 10.7. The number of fused-ring (bicyclic) bond motifs is 1. The summed E-state index contributed by atoms with van der Waals surface area (Å²) in [5.41, 5.74) is 5.98. The Kier molecular flexibility index (Phi) is 3.76. The van der Waals surface area contributed by atoms with Gasteiger partial charge in [0.2, 0.25) is 0 Å². The first-order valence-corrected chi connectivity index (χ1v) is 8.21. The average Bonchev–Trinajstić information content (AvgIpc) is 2.62. The fraction of sp³-hybridized carbons (Fsp3) is 0.0435. The van der Waals surface area contributed by atoms with Gasteiger partial charge in [0.15, 0.2) is 0 Å². The SMILES string of the molecule is Cc1ccc2ccc(-c3ccc(Nc4ccccc4)cc3)cc2c1. The Morgan fingerprint density at radius 1 is 0.542 bits per heavy atom. The zero-order chi connectivity index (χ0) is 16.4. The van der Waals surface area contributed by atoms with E-state index in [-0.39, 0.29) is 0 Å². The molecule has 24 heavy (non-hydrogen) atoms. The van der Waals surface area contributed by atoms with Gasteiger partial charge in [-0.15, -0.1) is 0 Å². The number of rotatable bonds is 3. The van der Waals surface area contributed by atoms with Crippen molar-refractivity contribution in [2.75, 3.05) is 5.32 Å². The molecule has 4 aromatic carbocycles. The molecule has 0 atom stereocenters. The highest BCUT2D eigenvalue weighted by Gasteiger charge is 2.01. The third kappa shape index (κ3) is 3.02. The van der Waals surface area contributed by atoms with Crippen molar-refractivity contribution >= 4 is 22.1 Å². The van der Waals surface area contributed by atoms with Gasteiger partial charge in [-0.25, -0.2) is 0 Å². The lowest BCUT2D eigenvalue weighted by Gasteiger charge is -2.09. The maximum atomic E-state index is 3.42.